The quantitative estimate of drug-likeness (QED) is 0.431. The normalized spacial score (nSPS) is 10.6. The van der Waals surface area contributed by atoms with Gasteiger partial charge in [-0.05, 0) is 6.07 Å². The monoisotopic (exact) mass is 290 g/mol. The number of nitro benzene ring substituents is 1. The maximum atomic E-state index is 11.8. The van der Waals surface area contributed by atoms with Gasteiger partial charge in [0.25, 0.3) is 12.1 Å². The van der Waals surface area contributed by atoms with E-state index in [-0.39, 0.29) is 30.1 Å². The molecule has 0 aromatic heterocycles. The number of aromatic carboxylic acids is 1. The Morgan fingerprint density at radius 1 is 1.50 bits per heavy atom. The van der Waals surface area contributed by atoms with Crippen molar-refractivity contribution in [3.63, 3.8) is 0 Å². The van der Waals surface area contributed by atoms with Crippen molar-refractivity contribution < 1.29 is 28.3 Å². The summed E-state index contributed by atoms with van der Waals surface area (Å²) in [7, 11) is 0. The Kier molecular flexibility index (Phi) is 5.78. The van der Waals surface area contributed by atoms with Gasteiger partial charge in [0.1, 0.15) is 6.61 Å². The maximum absolute atomic E-state index is 11.8. The van der Waals surface area contributed by atoms with Gasteiger partial charge in [-0.3, -0.25) is 10.1 Å². The summed E-state index contributed by atoms with van der Waals surface area (Å²) in [4.78, 5) is 20.8. The van der Waals surface area contributed by atoms with E-state index in [0.717, 1.165) is 12.1 Å². The van der Waals surface area contributed by atoms with E-state index in [2.05, 4.69) is 10.1 Å². The second-order valence-electron chi connectivity index (χ2n) is 3.68. The van der Waals surface area contributed by atoms with Crippen LogP contribution in [0.2, 0.25) is 0 Å². The SMILES string of the molecule is O=C(O)c1cc([N+](=O)[O-])ccc1NCCOCC(F)F. The second kappa shape index (κ2) is 7.34. The van der Waals surface area contributed by atoms with Crippen LogP contribution in [0, 0.1) is 10.1 Å². The molecule has 1 rings (SSSR count). The predicted octanol–water partition coefficient (Wildman–Crippen LogP) is 1.99. The number of nitrogens with zero attached hydrogens (tertiary/aromatic N) is 1. The minimum Gasteiger partial charge on any atom is -0.478 e. The summed E-state index contributed by atoms with van der Waals surface area (Å²) in [6.07, 6.45) is -2.57. The summed E-state index contributed by atoms with van der Waals surface area (Å²) in [6, 6.07) is 3.31. The minimum atomic E-state index is -2.57. The number of carboxylic acids is 1. The molecule has 0 fully saturated rings. The van der Waals surface area contributed by atoms with E-state index in [0.29, 0.717) is 0 Å². The molecule has 110 valence electrons. The van der Waals surface area contributed by atoms with Crippen molar-refractivity contribution >= 4 is 17.3 Å². The lowest BCUT2D eigenvalue weighted by Crippen LogP contribution is -2.15. The number of nitro groups is 1. The van der Waals surface area contributed by atoms with Crippen LogP contribution in [0.1, 0.15) is 10.4 Å². The smallest absolute Gasteiger partial charge is 0.338 e. The molecule has 20 heavy (non-hydrogen) atoms. The summed E-state index contributed by atoms with van der Waals surface area (Å²) in [5.41, 5.74) is -0.460. The van der Waals surface area contributed by atoms with Gasteiger partial charge in [-0.15, -0.1) is 0 Å². The highest BCUT2D eigenvalue weighted by Gasteiger charge is 2.15. The molecule has 0 unspecified atom stereocenters. The van der Waals surface area contributed by atoms with Gasteiger partial charge in [0, 0.05) is 24.4 Å². The first kappa shape index (κ1) is 15.8. The molecule has 0 aliphatic heterocycles. The molecule has 0 spiro atoms. The molecule has 9 heteroatoms. The van der Waals surface area contributed by atoms with Crippen LogP contribution < -0.4 is 5.32 Å². The summed E-state index contributed by atoms with van der Waals surface area (Å²) < 4.78 is 28.2. The zero-order valence-electron chi connectivity index (χ0n) is 10.2. The van der Waals surface area contributed by atoms with Gasteiger partial charge in [-0.1, -0.05) is 0 Å². The first-order valence-electron chi connectivity index (χ1n) is 5.53. The number of anilines is 1. The van der Waals surface area contributed by atoms with Crippen molar-refractivity contribution in [2.45, 2.75) is 6.43 Å². The van der Waals surface area contributed by atoms with Crippen LogP contribution in [0.3, 0.4) is 0 Å². The fourth-order valence-electron chi connectivity index (χ4n) is 1.41. The van der Waals surface area contributed by atoms with Gasteiger partial charge in [-0.25, -0.2) is 13.6 Å². The molecule has 0 amide bonds. The zero-order valence-corrected chi connectivity index (χ0v) is 10.2. The van der Waals surface area contributed by atoms with Crippen LogP contribution in [0.4, 0.5) is 20.2 Å². The highest BCUT2D eigenvalue weighted by Crippen LogP contribution is 2.22. The number of benzene rings is 1. The average molecular weight is 290 g/mol. The molecule has 0 saturated heterocycles. The number of carboxylic acid groups (broad SMARTS) is 1. The Bertz CT molecular complexity index is 496. The number of carbonyl (C=O) groups is 1. The predicted molar refractivity (Wildman–Crippen MR) is 65.4 cm³/mol. The van der Waals surface area contributed by atoms with Crippen LogP contribution >= 0.6 is 0 Å². The van der Waals surface area contributed by atoms with Crippen LogP contribution in [0.15, 0.2) is 18.2 Å². The van der Waals surface area contributed by atoms with Crippen LogP contribution in [-0.2, 0) is 4.74 Å². The molecule has 0 heterocycles. The number of hydrogen-bond donors (Lipinski definition) is 2. The summed E-state index contributed by atoms with van der Waals surface area (Å²) in [5.74, 6) is -1.33. The molecule has 0 saturated carbocycles. The van der Waals surface area contributed by atoms with E-state index in [9.17, 15) is 23.7 Å². The molecule has 0 radical (unpaired) electrons. The number of rotatable bonds is 8. The van der Waals surface area contributed by atoms with E-state index < -0.39 is 23.9 Å². The summed E-state index contributed by atoms with van der Waals surface area (Å²) in [6.45, 7) is -0.640. The number of alkyl halides is 2. The first-order chi connectivity index (χ1) is 9.41. The van der Waals surface area contributed by atoms with E-state index in [1.807, 2.05) is 0 Å². The lowest BCUT2D eigenvalue weighted by molar-refractivity contribution is -0.384. The molecular weight excluding hydrogens is 278 g/mol. The zero-order chi connectivity index (χ0) is 15.1. The Morgan fingerprint density at radius 3 is 2.75 bits per heavy atom. The number of nitrogens with one attached hydrogen (secondary N) is 1. The second-order valence-corrected chi connectivity index (χ2v) is 3.68. The average Bonchev–Trinajstić information content (AvgIpc) is 2.37. The van der Waals surface area contributed by atoms with Crippen molar-refractivity contribution in [3.05, 3.63) is 33.9 Å². The molecule has 0 aliphatic rings. The van der Waals surface area contributed by atoms with Gasteiger partial charge in [-0.2, -0.15) is 0 Å². The summed E-state index contributed by atoms with van der Waals surface area (Å²) in [5, 5.41) is 22.2. The molecular formula is C11H12F2N2O5. The molecule has 0 atom stereocenters. The first-order valence-corrected chi connectivity index (χ1v) is 5.53. The lowest BCUT2D eigenvalue weighted by Gasteiger charge is -2.09. The van der Waals surface area contributed by atoms with Crippen molar-refractivity contribution in [1.29, 1.82) is 0 Å². The molecule has 0 aliphatic carbocycles. The number of halogens is 2. The van der Waals surface area contributed by atoms with Gasteiger partial charge in [0.2, 0.25) is 0 Å². The van der Waals surface area contributed by atoms with Crippen molar-refractivity contribution in [2.24, 2.45) is 0 Å². The van der Waals surface area contributed by atoms with Crippen LogP contribution in [0.25, 0.3) is 0 Å². The van der Waals surface area contributed by atoms with Crippen molar-refractivity contribution in [3.8, 4) is 0 Å². The third-order valence-electron chi connectivity index (χ3n) is 2.25. The minimum absolute atomic E-state index is 0.0413. The van der Waals surface area contributed by atoms with E-state index in [1.165, 1.54) is 6.07 Å². The summed E-state index contributed by atoms with van der Waals surface area (Å²) >= 11 is 0. The Balaban J connectivity index is 2.65. The van der Waals surface area contributed by atoms with Gasteiger partial charge in [0.15, 0.2) is 0 Å². The molecule has 0 bridgehead atoms. The van der Waals surface area contributed by atoms with Gasteiger partial charge >= 0.3 is 5.97 Å². The molecule has 1 aromatic rings. The molecule has 2 N–H and O–H groups in total. The van der Waals surface area contributed by atoms with Crippen LogP contribution in [0.5, 0.6) is 0 Å². The standard InChI is InChI=1S/C11H12F2N2O5/c12-10(13)6-20-4-3-14-9-2-1-7(15(18)19)5-8(9)11(16)17/h1-2,5,10,14H,3-4,6H2,(H,16,17). The van der Waals surface area contributed by atoms with Gasteiger partial charge < -0.3 is 15.2 Å². The van der Waals surface area contributed by atoms with Crippen molar-refractivity contribution in [2.75, 3.05) is 25.1 Å². The maximum Gasteiger partial charge on any atom is 0.338 e. The van der Waals surface area contributed by atoms with Gasteiger partial charge in [0.05, 0.1) is 17.1 Å². The third-order valence-corrected chi connectivity index (χ3v) is 2.25. The van der Waals surface area contributed by atoms with Crippen LogP contribution in [-0.4, -0.2) is 42.2 Å². The number of non-ortho nitro benzene ring substituents is 1. The molecule has 1 aromatic carbocycles. The van der Waals surface area contributed by atoms with E-state index in [4.69, 9.17) is 5.11 Å². The van der Waals surface area contributed by atoms with E-state index in [1.54, 1.807) is 0 Å². The Morgan fingerprint density at radius 2 is 2.20 bits per heavy atom. The third kappa shape index (κ3) is 4.76. The topological polar surface area (TPSA) is 102 Å². The highest BCUT2D eigenvalue weighted by atomic mass is 19.3. The number of hydrogen-bond acceptors (Lipinski definition) is 5. The van der Waals surface area contributed by atoms with E-state index >= 15 is 0 Å². The van der Waals surface area contributed by atoms with Crippen molar-refractivity contribution in [1.82, 2.24) is 0 Å². The fraction of sp³-hybridized carbons (Fsp3) is 0.364. The Hall–Kier alpha value is -2.29. The highest BCUT2D eigenvalue weighted by molar-refractivity contribution is 5.95. The Labute approximate surface area is 112 Å². The lowest BCUT2D eigenvalue weighted by atomic mass is 10.1. The largest absolute Gasteiger partial charge is 0.478 e. The number of ether oxygens (including phenoxy) is 1. The fourth-order valence-corrected chi connectivity index (χ4v) is 1.41. The molecule has 7 nitrogen and oxygen atoms in total.